The highest BCUT2D eigenvalue weighted by Gasteiger charge is 2.14. The monoisotopic (exact) mass is 378 g/mol. The van der Waals surface area contributed by atoms with Crippen LogP contribution in [0.15, 0.2) is 61.2 Å². The average Bonchev–Trinajstić information content (AvgIpc) is 3.19. The molecule has 0 radical (unpaired) electrons. The number of nitrogens with two attached hydrogens (primary N) is 1. The molecule has 1 heterocycles. The van der Waals surface area contributed by atoms with E-state index in [9.17, 15) is 9.59 Å². The fourth-order valence-corrected chi connectivity index (χ4v) is 2.83. The third kappa shape index (κ3) is 5.01. The average molecular weight is 378 g/mol. The Kier molecular flexibility index (Phi) is 6.13. The summed E-state index contributed by atoms with van der Waals surface area (Å²) in [5.41, 5.74) is 9.31. The van der Waals surface area contributed by atoms with Gasteiger partial charge in [0.15, 0.2) is 0 Å². The zero-order chi connectivity index (χ0) is 19.9. The lowest BCUT2D eigenvalue weighted by Crippen LogP contribution is -2.46. The number of nitrogens with zero attached hydrogens (tertiary/aromatic N) is 3. The number of hydrogen-bond acceptors (Lipinski definition) is 5. The Bertz CT molecular complexity index is 938. The topological polar surface area (TPSA) is 115 Å². The van der Waals surface area contributed by atoms with E-state index >= 15 is 0 Å². The van der Waals surface area contributed by atoms with Gasteiger partial charge in [0.25, 0.3) is 0 Å². The molecule has 0 bridgehead atoms. The second-order valence-corrected chi connectivity index (χ2v) is 6.40. The minimum absolute atomic E-state index is 0.456. The molecule has 0 spiro atoms. The van der Waals surface area contributed by atoms with E-state index in [2.05, 4.69) is 45.0 Å². The number of imide groups is 1. The summed E-state index contributed by atoms with van der Waals surface area (Å²) >= 11 is 0. The number of nitrogens with one attached hydrogen (secondary N) is 2. The van der Waals surface area contributed by atoms with Crippen LogP contribution in [0.25, 0.3) is 11.1 Å². The van der Waals surface area contributed by atoms with Gasteiger partial charge in [0, 0.05) is 6.54 Å². The predicted molar refractivity (Wildman–Crippen MR) is 105 cm³/mol. The van der Waals surface area contributed by atoms with E-state index in [4.69, 9.17) is 5.73 Å². The highest BCUT2D eigenvalue weighted by molar-refractivity contribution is 5.96. The molecule has 0 fully saturated rings. The third-order valence-electron chi connectivity index (χ3n) is 4.33. The summed E-state index contributed by atoms with van der Waals surface area (Å²) in [4.78, 5) is 26.6. The Hall–Kier alpha value is -3.52. The summed E-state index contributed by atoms with van der Waals surface area (Å²) in [7, 11) is 0. The van der Waals surface area contributed by atoms with Gasteiger partial charge in [0.05, 0.1) is 12.6 Å². The molecule has 0 aliphatic heterocycles. The first kappa shape index (κ1) is 19.2. The van der Waals surface area contributed by atoms with Crippen molar-refractivity contribution in [3.63, 3.8) is 0 Å². The van der Waals surface area contributed by atoms with Crippen LogP contribution in [0.5, 0.6) is 0 Å². The van der Waals surface area contributed by atoms with Gasteiger partial charge in [-0.25, -0.2) is 14.5 Å². The largest absolute Gasteiger partial charge is 0.351 e. The SMILES string of the molecule is C[C@H](NCc1ccccc1-c1ccc(Cn2cncn2)cc1)C(=O)NC(N)=O. The normalized spacial score (nSPS) is 11.8. The number of carbonyl (C=O) groups is 2. The molecule has 0 unspecified atom stereocenters. The molecular formula is C20H22N6O2. The lowest BCUT2D eigenvalue weighted by Gasteiger charge is -2.15. The van der Waals surface area contributed by atoms with Crippen molar-refractivity contribution in [2.24, 2.45) is 5.73 Å². The van der Waals surface area contributed by atoms with Crippen LogP contribution in [0.4, 0.5) is 4.79 Å². The number of amides is 3. The summed E-state index contributed by atoms with van der Waals surface area (Å²) in [5, 5.41) is 9.31. The van der Waals surface area contributed by atoms with Gasteiger partial charge in [0.1, 0.15) is 12.7 Å². The van der Waals surface area contributed by atoms with Crippen LogP contribution in [-0.4, -0.2) is 32.7 Å². The van der Waals surface area contributed by atoms with Gasteiger partial charge in [-0.3, -0.25) is 10.1 Å². The molecule has 0 aliphatic rings. The van der Waals surface area contributed by atoms with Crippen LogP contribution < -0.4 is 16.4 Å². The zero-order valence-electron chi connectivity index (χ0n) is 15.5. The minimum atomic E-state index is -0.856. The van der Waals surface area contributed by atoms with E-state index in [1.54, 1.807) is 17.9 Å². The summed E-state index contributed by atoms with van der Waals surface area (Å²) in [5.74, 6) is -0.456. The van der Waals surface area contributed by atoms with Crippen molar-refractivity contribution in [1.82, 2.24) is 25.4 Å². The predicted octanol–water partition coefficient (Wildman–Crippen LogP) is 1.67. The molecule has 1 aromatic heterocycles. The third-order valence-corrected chi connectivity index (χ3v) is 4.33. The number of rotatable bonds is 7. The molecule has 28 heavy (non-hydrogen) atoms. The van der Waals surface area contributed by atoms with Crippen LogP contribution in [-0.2, 0) is 17.9 Å². The van der Waals surface area contributed by atoms with Gasteiger partial charge in [-0.15, -0.1) is 0 Å². The van der Waals surface area contributed by atoms with Crippen molar-refractivity contribution in [2.75, 3.05) is 0 Å². The van der Waals surface area contributed by atoms with Crippen molar-refractivity contribution in [2.45, 2.75) is 26.1 Å². The van der Waals surface area contributed by atoms with Crippen molar-refractivity contribution in [1.29, 1.82) is 0 Å². The van der Waals surface area contributed by atoms with Gasteiger partial charge < -0.3 is 11.1 Å². The quantitative estimate of drug-likeness (QED) is 0.578. The second-order valence-electron chi connectivity index (χ2n) is 6.40. The number of primary amides is 1. The molecule has 3 amide bonds. The summed E-state index contributed by atoms with van der Waals surface area (Å²) in [6.45, 7) is 2.82. The van der Waals surface area contributed by atoms with Gasteiger partial charge in [0.2, 0.25) is 5.91 Å². The molecule has 0 aliphatic carbocycles. The van der Waals surface area contributed by atoms with Gasteiger partial charge in [-0.05, 0) is 29.2 Å². The first-order chi connectivity index (χ1) is 13.5. The number of hydrogen-bond donors (Lipinski definition) is 3. The zero-order valence-corrected chi connectivity index (χ0v) is 15.5. The first-order valence-electron chi connectivity index (χ1n) is 8.86. The maximum Gasteiger partial charge on any atom is 0.318 e. The maximum atomic E-state index is 11.8. The number of benzene rings is 2. The number of aromatic nitrogens is 3. The van der Waals surface area contributed by atoms with Gasteiger partial charge >= 0.3 is 6.03 Å². The van der Waals surface area contributed by atoms with Crippen LogP contribution in [0.2, 0.25) is 0 Å². The molecule has 0 saturated carbocycles. The fourth-order valence-electron chi connectivity index (χ4n) is 2.83. The summed E-state index contributed by atoms with van der Waals surface area (Å²) in [6, 6.07) is 14.8. The fraction of sp³-hybridized carbons (Fsp3) is 0.200. The van der Waals surface area contributed by atoms with E-state index < -0.39 is 18.0 Å². The van der Waals surface area contributed by atoms with Crippen molar-refractivity contribution < 1.29 is 9.59 Å². The Morgan fingerprint density at radius 3 is 2.57 bits per heavy atom. The van der Waals surface area contributed by atoms with Crippen molar-refractivity contribution in [3.8, 4) is 11.1 Å². The first-order valence-corrected chi connectivity index (χ1v) is 8.86. The van der Waals surface area contributed by atoms with E-state index in [1.807, 2.05) is 24.3 Å². The van der Waals surface area contributed by atoms with Crippen LogP contribution in [0.3, 0.4) is 0 Å². The smallest absolute Gasteiger partial charge is 0.318 e. The molecule has 0 saturated heterocycles. The Balaban J connectivity index is 1.69. The Morgan fingerprint density at radius 1 is 1.14 bits per heavy atom. The molecule has 8 heteroatoms. The molecule has 3 rings (SSSR count). The van der Waals surface area contributed by atoms with Gasteiger partial charge in [-0.2, -0.15) is 5.10 Å². The Morgan fingerprint density at radius 2 is 1.89 bits per heavy atom. The standard InChI is InChI=1S/C20H22N6O2/c1-14(19(27)25-20(21)28)23-10-17-4-2-3-5-18(17)16-8-6-15(7-9-16)11-26-13-22-12-24-26/h2-9,12-14,23H,10-11H2,1H3,(H3,21,25,27,28)/t14-/m0/s1. The molecule has 1 atom stereocenters. The minimum Gasteiger partial charge on any atom is -0.351 e. The van der Waals surface area contributed by atoms with E-state index in [-0.39, 0.29) is 0 Å². The maximum absolute atomic E-state index is 11.8. The number of carbonyl (C=O) groups excluding carboxylic acids is 2. The lowest BCUT2D eigenvalue weighted by atomic mass is 9.98. The summed E-state index contributed by atoms with van der Waals surface area (Å²) < 4.78 is 1.77. The molecular weight excluding hydrogens is 356 g/mol. The molecule has 8 nitrogen and oxygen atoms in total. The van der Waals surface area contributed by atoms with Crippen molar-refractivity contribution in [3.05, 3.63) is 72.3 Å². The highest BCUT2D eigenvalue weighted by atomic mass is 16.2. The molecule has 3 aromatic rings. The second kappa shape index (κ2) is 8.92. The van der Waals surface area contributed by atoms with Crippen LogP contribution in [0.1, 0.15) is 18.1 Å². The molecule has 144 valence electrons. The lowest BCUT2D eigenvalue weighted by molar-refractivity contribution is -0.121. The summed E-state index contributed by atoms with van der Waals surface area (Å²) in [6.07, 6.45) is 3.20. The molecule has 4 N–H and O–H groups in total. The van der Waals surface area contributed by atoms with Crippen LogP contribution in [0, 0.1) is 0 Å². The van der Waals surface area contributed by atoms with E-state index in [1.165, 1.54) is 6.33 Å². The van der Waals surface area contributed by atoms with Gasteiger partial charge in [-0.1, -0.05) is 48.5 Å². The highest BCUT2D eigenvalue weighted by Crippen LogP contribution is 2.24. The van der Waals surface area contributed by atoms with E-state index in [0.29, 0.717) is 13.1 Å². The Labute approximate surface area is 162 Å². The van der Waals surface area contributed by atoms with E-state index in [0.717, 1.165) is 22.3 Å². The van der Waals surface area contributed by atoms with Crippen LogP contribution >= 0.6 is 0 Å². The number of urea groups is 1. The van der Waals surface area contributed by atoms with Crippen molar-refractivity contribution >= 4 is 11.9 Å². The molecule has 2 aromatic carbocycles.